The fourth-order valence-electron chi connectivity index (χ4n) is 2.71. The van der Waals surface area contributed by atoms with E-state index in [9.17, 15) is 4.79 Å². The van der Waals surface area contributed by atoms with E-state index in [0.29, 0.717) is 11.9 Å². The average molecular weight is 287 g/mol. The second-order valence-corrected chi connectivity index (χ2v) is 6.29. The molecular formula is C20H28O. The van der Waals surface area contributed by atoms with Gasteiger partial charge in [0.15, 0.2) is 0 Å². The van der Waals surface area contributed by atoms with Crippen LogP contribution >= 0.6 is 0 Å². The minimum absolute atomic E-state index is 0.0812. The second-order valence-electron chi connectivity index (χ2n) is 6.29. The summed E-state index contributed by atoms with van der Waals surface area (Å²) < 4.78 is 23.1. The van der Waals surface area contributed by atoms with E-state index in [1.54, 1.807) is 31.2 Å². The van der Waals surface area contributed by atoms with E-state index >= 15 is 0 Å². The molecule has 0 unspecified atom stereocenters. The van der Waals surface area contributed by atoms with Crippen LogP contribution in [0.4, 0.5) is 0 Å². The highest BCUT2D eigenvalue weighted by Crippen LogP contribution is 2.40. The SMILES string of the molecule is [2H]C([2H])([2H])C(/C=C/C1=C(C)CCCC1(C)C)=C\C=C\C(C)=C\C=O. The van der Waals surface area contributed by atoms with Crippen molar-refractivity contribution >= 4 is 6.29 Å². The molecule has 0 radical (unpaired) electrons. The molecule has 0 amide bonds. The minimum atomic E-state index is -2.17. The molecule has 0 saturated carbocycles. The highest BCUT2D eigenvalue weighted by atomic mass is 16.1. The Kier molecular flexibility index (Phi) is 4.96. The van der Waals surface area contributed by atoms with Crippen LogP contribution < -0.4 is 0 Å². The van der Waals surface area contributed by atoms with Crippen molar-refractivity contribution in [3.8, 4) is 0 Å². The molecule has 0 aromatic heterocycles. The number of carbonyl (C=O) groups is 1. The lowest BCUT2D eigenvalue weighted by molar-refractivity contribution is -0.104. The average Bonchev–Trinajstić information content (AvgIpc) is 2.43. The fourth-order valence-corrected chi connectivity index (χ4v) is 2.71. The first kappa shape index (κ1) is 13.1. The van der Waals surface area contributed by atoms with E-state index in [1.807, 2.05) is 6.08 Å². The Hall–Kier alpha value is -1.63. The third-order valence-electron chi connectivity index (χ3n) is 3.94. The quantitative estimate of drug-likeness (QED) is 0.359. The highest BCUT2D eigenvalue weighted by molar-refractivity contribution is 5.66. The summed E-state index contributed by atoms with van der Waals surface area (Å²) in [6.07, 6.45) is 14.2. The van der Waals surface area contributed by atoms with E-state index in [2.05, 4.69) is 20.8 Å². The smallest absolute Gasteiger partial charge is 0.143 e. The molecule has 0 heterocycles. The van der Waals surface area contributed by atoms with Gasteiger partial charge in [-0.25, -0.2) is 0 Å². The third-order valence-corrected chi connectivity index (χ3v) is 3.94. The van der Waals surface area contributed by atoms with Gasteiger partial charge in [-0.15, -0.1) is 0 Å². The van der Waals surface area contributed by atoms with Crippen molar-refractivity contribution in [1.29, 1.82) is 0 Å². The van der Waals surface area contributed by atoms with Crippen LogP contribution in [-0.2, 0) is 4.79 Å². The molecule has 0 atom stereocenters. The Morgan fingerprint density at radius 3 is 2.62 bits per heavy atom. The molecule has 1 heteroatoms. The van der Waals surface area contributed by atoms with Gasteiger partial charge in [0.25, 0.3) is 0 Å². The summed E-state index contributed by atoms with van der Waals surface area (Å²) in [4.78, 5) is 10.4. The highest BCUT2D eigenvalue weighted by Gasteiger charge is 2.26. The van der Waals surface area contributed by atoms with Crippen LogP contribution in [0.15, 0.2) is 58.7 Å². The second kappa shape index (κ2) is 7.97. The molecule has 0 fully saturated rings. The molecule has 0 bridgehead atoms. The van der Waals surface area contributed by atoms with Crippen molar-refractivity contribution in [2.24, 2.45) is 5.41 Å². The third kappa shape index (κ3) is 5.71. The molecule has 1 aliphatic carbocycles. The Morgan fingerprint density at radius 2 is 2.00 bits per heavy atom. The van der Waals surface area contributed by atoms with Crippen LogP contribution in [0.25, 0.3) is 0 Å². The Labute approximate surface area is 134 Å². The van der Waals surface area contributed by atoms with Crippen molar-refractivity contribution in [2.45, 2.75) is 53.8 Å². The standard InChI is InChI=1S/C20H28O/c1-16(8-6-9-17(2)13-15-21)11-12-19-18(3)10-7-14-20(19,4)5/h6,8-9,11-13,15H,7,10,14H2,1-5H3/b9-6+,12-11+,16-8+,17-13+/i1D3. The maximum absolute atomic E-state index is 10.4. The van der Waals surface area contributed by atoms with E-state index < -0.39 is 6.85 Å². The van der Waals surface area contributed by atoms with Gasteiger partial charge in [-0.05, 0) is 62.6 Å². The summed E-state index contributed by atoms with van der Waals surface area (Å²) in [6, 6.07) is 0. The summed E-state index contributed by atoms with van der Waals surface area (Å²) in [5, 5.41) is 0. The van der Waals surface area contributed by atoms with E-state index in [-0.39, 0.29) is 5.41 Å². The Balaban J connectivity index is 3.11. The molecule has 0 saturated heterocycles. The lowest BCUT2D eigenvalue weighted by Crippen LogP contribution is -2.19. The molecule has 1 aliphatic rings. The van der Waals surface area contributed by atoms with Crippen molar-refractivity contribution in [1.82, 2.24) is 0 Å². The van der Waals surface area contributed by atoms with E-state index in [4.69, 9.17) is 4.11 Å². The van der Waals surface area contributed by atoms with Crippen LogP contribution in [0, 0.1) is 5.41 Å². The van der Waals surface area contributed by atoms with Crippen LogP contribution in [0.2, 0.25) is 0 Å². The number of aldehydes is 1. The molecule has 1 rings (SSSR count). The van der Waals surface area contributed by atoms with Gasteiger partial charge in [0.05, 0.1) is 0 Å². The first-order chi connectivity index (χ1) is 11.1. The number of hydrogen-bond acceptors (Lipinski definition) is 1. The monoisotopic (exact) mass is 287 g/mol. The van der Waals surface area contributed by atoms with Crippen molar-refractivity contribution in [2.75, 3.05) is 0 Å². The Bertz CT molecular complexity index is 611. The maximum atomic E-state index is 10.4. The predicted octanol–water partition coefficient (Wildman–Crippen LogP) is 5.72. The first-order valence-electron chi connectivity index (χ1n) is 8.97. The van der Waals surface area contributed by atoms with Gasteiger partial charge >= 0.3 is 0 Å². The van der Waals surface area contributed by atoms with Gasteiger partial charge in [0.2, 0.25) is 0 Å². The van der Waals surface area contributed by atoms with Gasteiger partial charge in [0.1, 0.15) is 6.29 Å². The Morgan fingerprint density at radius 1 is 1.24 bits per heavy atom. The molecular weight excluding hydrogens is 256 g/mol. The van der Waals surface area contributed by atoms with Crippen LogP contribution in [-0.4, -0.2) is 6.29 Å². The lowest BCUT2D eigenvalue weighted by Gasteiger charge is -2.32. The molecule has 1 nitrogen and oxygen atoms in total. The summed E-state index contributed by atoms with van der Waals surface area (Å²) in [6.45, 7) is 6.18. The lowest BCUT2D eigenvalue weighted by atomic mass is 9.72. The summed E-state index contributed by atoms with van der Waals surface area (Å²) in [5.74, 6) is 0. The summed E-state index contributed by atoms with van der Waals surface area (Å²) >= 11 is 0. The summed E-state index contributed by atoms with van der Waals surface area (Å²) in [7, 11) is 0. The minimum Gasteiger partial charge on any atom is -0.299 e. The van der Waals surface area contributed by atoms with Crippen LogP contribution in [0.3, 0.4) is 0 Å². The topological polar surface area (TPSA) is 17.1 Å². The van der Waals surface area contributed by atoms with E-state index in [0.717, 1.165) is 18.4 Å². The molecule has 0 aromatic carbocycles. The zero-order chi connectivity index (χ0) is 18.4. The number of allylic oxidation sites excluding steroid dienone is 10. The molecule has 0 spiro atoms. The van der Waals surface area contributed by atoms with Gasteiger partial charge in [-0.3, -0.25) is 4.79 Å². The molecule has 0 aliphatic heterocycles. The largest absolute Gasteiger partial charge is 0.299 e. The normalized spacial score (nSPS) is 23.3. The van der Waals surface area contributed by atoms with Crippen molar-refractivity contribution in [3.05, 3.63) is 58.7 Å². The first-order valence-corrected chi connectivity index (χ1v) is 7.47. The maximum Gasteiger partial charge on any atom is 0.143 e. The molecule has 21 heavy (non-hydrogen) atoms. The van der Waals surface area contributed by atoms with Crippen LogP contribution in [0.5, 0.6) is 0 Å². The van der Waals surface area contributed by atoms with Crippen LogP contribution in [0.1, 0.15) is 57.9 Å². The number of rotatable bonds is 5. The van der Waals surface area contributed by atoms with Crippen molar-refractivity contribution in [3.63, 3.8) is 0 Å². The van der Waals surface area contributed by atoms with Gasteiger partial charge in [-0.1, -0.05) is 55.4 Å². The van der Waals surface area contributed by atoms with Crippen molar-refractivity contribution < 1.29 is 8.91 Å². The fraction of sp³-hybridized carbons (Fsp3) is 0.450. The van der Waals surface area contributed by atoms with Gasteiger partial charge in [0, 0.05) is 4.11 Å². The van der Waals surface area contributed by atoms with Gasteiger partial charge in [-0.2, -0.15) is 0 Å². The van der Waals surface area contributed by atoms with Gasteiger partial charge < -0.3 is 0 Å². The number of carbonyl (C=O) groups excluding carboxylic acids is 1. The molecule has 0 N–H and O–H groups in total. The number of hydrogen-bond donors (Lipinski definition) is 0. The predicted molar refractivity (Wildman–Crippen MR) is 92.2 cm³/mol. The summed E-state index contributed by atoms with van der Waals surface area (Å²) in [5.41, 5.74) is 3.73. The zero-order valence-electron chi connectivity index (χ0n) is 16.6. The molecule has 114 valence electrons. The van der Waals surface area contributed by atoms with E-state index in [1.165, 1.54) is 23.6 Å². The molecule has 0 aromatic rings. The zero-order valence-corrected chi connectivity index (χ0v) is 13.6.